The molecule has 0 aromatic rings. The Morgan fingerprint density at radius 1 is 0.923 bits per heavy atom. The second kappa shape index (κ2) is 11.5. The molecule has 3 heteroatoms. The molecule has 1 nitrogen and oxygen atoms in total. The molecular weight excluding hydrogens is 200 g/mol. The summed E-state index contributed by atoms with van der Waals surface area (Å²) >= 11 is 3.28. The first kappa shape index (κ1) is 12.5. The lowest BCUT2D eigenvalue weighted by Crippen LogP contribution is -1.66. The second-order valence-corrected chi connectivity index (χ2v) is 3.80. The maximum absolute atomic E-state index is 5.06. The number of rotatable bonds is 8. The van der Waals surface area contributed by atoms with Gasteiger partial charge in [0.1, 0.15) is 0 Å². The minimum absolute atomic E-state index is 0.911. The predicted molar refractivity (Wildman–Crippen MR) is 64.7 cm³/mol. The van der Waals surface area contributed by atoms with Crippen LogP contribution >= 0.6 is 23.5 Å². The third kappa shape index (κ3) is 11.5. The fourth-order valence-electron chi connectivity index (χ4n) is 0.435. The summed E-state index contributed by atoms with van der Waals surface area (Å²) in [5.41, 5.74) is 0. The van der Waals surface area contributed by atoms with E-state index in [9.17, 15) is 0 Å². The van der Waals surface area contributed by atoms with Crippen LogP contribution in [0.2, 0.25) is 0 Å². The zero-order valence-corrected chi connectivity index (χ0v) is 9.15. The molecule has 0 aliphatic heterocycles. The van der Waals surface area contributed by atoms with Gasteiger partial charge in [-0.15, -0.1) is 36.7 Å². The van der Waals surface area contributed by atoms with E-state index >= 15 is 0 Å². The zero-order valence-electron chi connectivity index (χ0n) is 7.52. The van der Waals surface area contributed by atoms with Crippen LogP contribution in [0.3, 0.4) is 0 Å². The molecule has 0 aliphatic carbocycles. The SMILES string of the molecule is C=CCSC=COC=CSCC=C. The van der Waals surface area contributed by atoms with Gasteiger partial charge in [-0.05, 0) is 0 Å². The molecule has 0 amide bonds. The van der Waals surface area contributed by atoms with E-state index in [-0.39, 0.29) is 0 Å². The summed E-state index contributed by atoms with van der Waals surface area (Å²) in [5.74, 6) is 1.82. The Morgan fingerprint density at radius 2 is 1.38 bits per heavy atom. The summed E-state index contributed by atoms with van der Waals surface area (Å²) in [6.07, 6.45) is 7.01. The van der Waals surface area contributed by atoms with E-state index in [4.69, 9.17) is 4.74 Å². The highest BCUT2D eigenvalue weighted by atomic mass is 32.2. The highest BCUT2D eigenvalue weighted by Gasteiger charge is 1.75. The third-order valence-electron chi connectivity index (χ3n) is 0.889. The van der Waals surface area contributed by atoms with Crippen molar-refractivity contribution in [3.8, 4) is 0 Å². The maximum atomic E-state index is 5.06. The summed E-state index contributed by atoms with van der Waals surface area (Å²) in [7, 11) is 0. The molecule has 72 valence electrons. The molecular formula is C10H14OS2. The first-order valence-electron chi connectivity index (χ1n) is 3.82. The summed E-state index contributed by atoms with van der Waals surface area (Å²) in [4.78, 5) is 0. The van der Waals surface area contributed by atoms with Crippen LogP contribution in [0.25, 0.3) is 0 Å². The molecule has 0 aromatic heterocycles. The lowest BCUT2D eigenvalue weighted by Gasteiger charge is -1.89. The fraction of sp³-hybridized carbons (Fsp3) is 0.200. The van der Waals surface area contributed by atoms with Crippen LogP contribution in [0.4, 0.5) is 0 Å². The average molecular weight is 214 g/mol. The molecule has 0 saturated heterocycles. The molecule has 0 aliphatic rings. The average Bonchev–Trinajstić information content (AvgIpc) is 2.16. The van der Waals surface area contributed by atoms with Gasteiger partial charge in [-0.1, -0.05) is 12.2 Å². The van der Waals surface area contributed by atoms with Gasteiger partial charge < -0.3 is 4.74 Å². The smallest absolute Gasteiger partial charge is 0.0964 e. The normalized spacial score (nSPS) is 10.8. The molecule has 13 heavy (non-hydrogen) atoms. The number of ether oxygens (including phenoxy) is 1. The standard InChI is InChI=1S/C10H14OS2/c1-3-7-12-9-5-11-6-10-13-8-4-2/h3-6,9-10H,1-2,7-8H2. The van der Waals surface area contributed by atoms with Crippen LogP contribution in [0.5, 0.6) is 0 Å². The Hall–Kier alpha value is -0.540. The number of hydrogen-bond acceptors (Lipinski definition) is 3. The lowest BCUT2D eigenvalue weighted by molar-refractivity contribution is 0.405. The molecule has 0 atom stereocenters. The van der Waals surface area contributed by atoms with Crippen LogP contribution in [-0.2, 0) is 4.74 Å². The van der Waals surface area contributed by atoms with Crippen LogP contribution in [0.1, 0.15) is 0 Å². The van der Waals surface area contributed by atoms with Crippen molar-refractivity contribution in [2.45, 2.75) is 0 Å². The molecule has 0 N–H and O–H groups in total. The van der Waals surface area contributed by atoms with E-state index in [1.165, 1.54) is 0 Å². The predicted octanol–water partition coefficient (Wildman–Crippen LogP) is 3.78. The van der Waals surface area contributed by atoms with Gasteiger partial charge in [0.2, 0.25) is 0 Å². The summed E-state index contributed by atoms with van der Waals surface area (Å²) < 4.78 is 5.06. The Balaban J connectivity index is 3.22. The first-order chi connectivity index (χ1) is 6.41. The Kier molecular flexibility index (Phi) is 11.0. The van der Waals surface area contributed by atoms with E-state index in [1.807, 2.05) is 23.0 Å². The second-order valence-electron chi connectivity index (χ2n) is 1.92. The van der Waals surface area contributed by atoms with Gasteiger partial charge in [-0.25, -0.2) is 0 Å². The molecule has 0 spiro atoms. The van der Waals surface area contributed by atoms with E-state index < -0.39 is 0 Å². The minimum Gasteiger partial charge on any atom is -0.472 e. The lowest BCUT2D eigenvalue weighted by atomic mass is 10.8. The Bertz CT molecular complexity index is 165. The van der Waals surface area contributed by atoms with Crippen molar-refractivity contribution in [1.29, 1.82) is 0 Å². The Morgan fingerprint density at radius 3 is 1.77 bits per heavy atom. The zero-order chi connectivity index (χ0) is 9.78. The van der Waals surface area contributed by atoms with Crippen LogP contribution in [-0.4, -0.2) is 11.5 Å². The minimum atomic E-state index is 0.911. The first-order valence-corrected chi connectivity index (χ1v) is 5.92. The summed E-state index contributed by atoms with van der Waals surface area (Å²) in [5, 5.41) is 3.79. The number of hydrogen-bond donors (Lipinski definition) is 0. The van der Waals surface area contributed by atoms with Crippen molar-refractivity contribution in [3.63, 3.8) is 0 Å². The van der Waals surface area contributed by atoms with Crippen LogP contribution in [0.15, 0.2) is 48.7 Å². The van der Waals surface area contributed by atoms with Gasteiger partial charge in [0, 0.05) is 22.3 Å². The molecule has 0 rings (SSSR count). The van der Waals surface area contributed by atoms with Gasteiger partial charge in [-0.2, -0.15) is 0 Å². The largest absolute Gasteiger partial charge is 0.472 e. The van der Waals surface area contributed by atoms with Crippen molar-refractivity contribution >= 4 is 23.5 Å². The van der Waals surface area contributed by atoms with Crippen molar-refractivity contribution < 1.29 is 4.74 Å². The topological polar surface area (TPSA) is 9.23 Å². The van der Waals surface area contributed by atoms with Crippen molar-refractivity contribution in [2.24, 2.45) is 0 Å². The molecule has 0 aromatic carbocycles. The molecule has 0 unspecified atom stereocenters. The Labute approximate surface area is 88.6 Å². The highest BCUT2D eigenvalue weighted by Crippen LogP contribution is 2.03. The van der Waals surface area contributed by atoms with Gasteiger partial charge in [0.05, 0.1) is 12.5 Å². The van der Waals surface area contributed by atoms with E-state index in [0.29, 0.717) is 0 Å². The van der Waals surface area contributed by atoms with Crippen molar-refractivity contribution in [2.75, 3.05) is 11.5 Å². The molecule has 0 saturated carbocycles. The van der Waals surface area contributed by atoms with E-state index in [1.54, 1.807) is 36.0 Å². The van der Waals surface area contributed by atoms with Crippen LogP contribution in [0, 0.1) is 0 Å². The van der Waals surface area contributed by atoms with Gasteiger partial charge in [0.25, 0.3) is 0 Å². The monoisotopic (exact) mass is 214 g/mol. The summed E-state index contributed by atoms with van der Waals surface area (Å²) in [6.45, 7) is 7.21. The van der Waals surface area contributed by atoms with E-state index in [0.717, 1.165) is 11.5 Å². The summed E-state index contributed by atoms with van der Waals surface area (Å²) in [6, 6.07) is 0. The quantitative estimate of drug-likeness (QED) is 0.346. The highest BCUT2D eigenvalue weighted by molar-refractivity contribution is 8.02. The van der Waals surface area contributed by atoms with Crippen molar-refractivity contribution in [1.82, 2.24) is 0 Å². The van der Waals surface area contributed by atoms with Gasteiger partial charge >= 0.3 is 0 Å². The molecule has 0 heterocycles. The van der Waals surface area contributed by atoms with Crippen molar-refractivity contribution in [3.05, 3.63) is 48.7 Å². The molecule has 0 radical (unpaired) electrons. The van der Waals surface area contributed by atoms with Gasteiger partial charge in [0.15, 0.2) is 0 Å². The van der Waals surface area contributed by atoms with E-state index in [2.05, 4.69) is 13.2 Å². The van der Waals surface area contributed by atoms with Crippen LogP contribution < -0.4 is 0 Å². The number of thioether (sulfide) groups is 2. The maximum Gasteiger partial charge on any atom is 0.0964 e. The fourth-order valence-corrected chi connectivity index (χ4v) is 1.22. The van der Waals surface area contributed by atoms with Gasteiger partial charge in [-0.3, -0.25) is 0 Å². The molecule has 0 bridgehead atoms. The molecule has 0 fully saturated rings. The third-order valence-corrected chi connectivity index (χ3v) is 2.35.